The van der Waals surface area contributed by atoms with Gasteiger partial charge < -0.3 is 5.32 Å². The van der Waals surface area contributed by atoms with E-state index in [0.29, 0.717) is 18.8 Å². The second-order valence-corrected chi connectivity index (χ2v) is 5.82. The van der Waals surface area contributed by atoms with Gasteiger partial charge in [0.25, 0.3) is 5.91 Å². The van der Waals surface area contributed by atoms with Crippen molar-refractivity contribution in [3.63, 3.8) is 0 Å². The fraction of sp³-hybridized carbons (Fsp3) is 0.267. The van der Waals surface area contributed by atoms with Crippen LogP contribution in [0.4, 0.5) is 4.39 Å². The van der Waals surface area contributed by atoms with Crippen LogP contribution in [0.3, 0.4) is 0 Å². The maximum Gasteiger partial charge on any atom is 0.274 e. The number of nitrogens with one attached hydrogen (secondary N) is 1. The van der Waals surface area contributed by atoms with Gasteiger partial charge in [-0.15, -0.1) is 5.10 Å². The van der Waals surface area contributed by atoms with Crippen LogP contribution in [-0.2, 0) is 13.1 Å². The molecule has 7 nitrogen and oxygen atoms in total. The minimum absolute atomic E-state index is 0.262. The third-order valence-corrected chi connectivity index (χ3v) is 4.27. The SMILES string of the molecule is Cc1nsnc1Cn1nnc(C(=O)NCc2ccc(F)cc2)c1C. The molecule has 0 atom stereocenters. The molecule has 0 aliphatic heterocycles. The van der Waals surface area contributed by atoms with Crippen LogP contribution in [0.1, 0.15) is 33.1 Å². The maximum absolute atomic E-state index is 12.9. The van der Waals surface area contributed by atoms with Crippen LogP contribution in [-0.4, -0.2) is 29.6 Å². The van der Waals surface area contributed by atoms with Crippen molar-refractivity contribution >= 4 is 17.6 Å². The second kappa shape index (κ2) is 6.83. The lowest BCUT2D eigenvalue weighted by Crippen LogP contribution is -2.24. The summed E-state index contributed by atoms with van der Waals surface area (Å²) in [6.45, 7) is 4.37. The monoisotopic (exact) mass is 346 g/mol. The fourth-order valence-corrected chi connectivity index (χ4v) is 2.68. The minimum Gasteiger partial charge on any atom is -0.347 e. The molecule has 0 aliphatic carbocycles. The van der Waals surface area contributed by atoms with Gasteiger partial charge >= 0.3 is 0 Å². The van der Waals surface area contributed by atoms with Crippen LogP contribution in [0, 0.1) is 19.7 Å². The Kier molecular flexibility index (Phi) is 4.61. The van der Waals surface area contributed by atoms with E-state index in [9.17, 15) is 9.18 Å². The van der Waals surface area contributed by atoms with E-state index >= 15 is 0 Å². The van der Waals surface area contributed by atoms with E-state index in [1.807, 2.05) is 6.92 Å². The lowest BCUT2D eigenvalue weighted by molar-refractivity contribution is 0.0945. The molecule has 0 saturated carbocycles. The van der Waals surface area contributed by atoms with E-state index in [4.69, 9.17) is 0 Å². The maximum atomic E-state index is 12.9. The van der Waals surface area contributed by atoms with Gasteiger partial charge in [-0.3, -0.25) is 4.79 Å². The molecule has 0 radical (unpaired) electrons. The Labute approximate surface area is 141 Å². The lowest BCUT2D eigenvalue weighted by Gasteiger charge is -2.05. The molecule has 1 amide bonds. The van der Waals surface area contributed by atoms with Crippen molar-refractivity contribution in [3.8, 4) is 0 Å². The number of hydrogen-bond donors (Lipinski definition) is 1. The van der Waals surface area contributed by atoms with Crippen molar-refractivity contribution in [1.82, 2.24) is 29.1 Å². The van der Waals surface area contributed by atoms with Gasteiger partial charge in [0.1, 0.15) is 5.82 Å². The molecule has 2 aromatic heterocycles. The zero-order valence-electron chi connectivity index (χ0n) is 13.2. The predicted molar refractivity (Wildman–Crippen MR) is 86.1 cm³/mol. The van der Waals surface area contributed by atoms with Gasteiger partial charge in [0.05, 0.1) is 35.4 Å². The number of aryl methyl sites for hydroxylation is 1. The van der Waals surface area contributed by atoms with E-state index in [2.05, 4.69) is 24.4 Å². The van der Waals surface area contributed by atoms with Gasteiger partial charge in [0, 0.05) is 6.54 Å². The largest absolute Gasteiger partial charge is 0.347 e. The average molecular weight is 346 g/mol. The molecule has 0 saturated heterocycles. The summed E-state index contributed by atoms with van der Waals surface area (Å²) in [5.74, 6) is -0.633. The quantitative estimate of drug-likeness (QED) is 0.762. The zero-order valence-corrected chi connectivity index (χ0v) is 14.0. The molecular weight excluding hydrogens is 331 g/mol. The van der Waals surface area contributed by atoms with Gasteiger partial charge in [-0.2, -0.15) is 8.75 Å². The molecule has 24 heavy (non-hydrogen) atoms. The third-order valence-electron chi connectivity index (χ3n) is 3.61. The first-order chi connectivity index (χ1) is 11.5. The molecule has 1 aromatic carbocycles. The smallest absolute Gasteiger partial charge is 0.274 e. The summed E-state index contributed by atoms with van der Waals surface area (Å²) in [6.07, 6.45) is 0. The van der Waals surface area contributed by atoms with Crippen LogP contribution in [0.2, 0.25) is 0 Å². The number of carbonyl (C=O) groups excluding carboxylic acids is 1. The predicted octanol–water partition coefficient (Wildman–Crippen LogP) is 1.86. The van der Waals surface area contributed by atoms with Gasteiger partial charge in [0.15, 0.2) is 5.69 Å². The number of amides is 1. The average Bonchev–Trinajstić information content (AvgIpc) is 3.14. The summed E-state index contributed by atoms with van der Waals surface area (Å²) in [5, 5.41) is 10.7. The summed E-state index contributed by atoms with van der Waals surface area (Å²) in [5.41, 5.74) is 3.37. The summed E-state index contributed by atoms with van der Waals surface area (Å²) < 4.78 is 22.8. The van der Waals surface area contributed by atoms with Gasteiger partial charge in [0.2, 0.25) is 0 Å². The molecule has 1 N–H and O–H groups in total. The van der Waals surface area contributed by atoms with Crippen LogP contribution in [0.25, 0.3) is 0 Å². The first kappa shape index (κ1) is 16.2. The molecule has 3 aromatic rings. The Bertz CT molecular complexity index is 857. The molecule has 0 fully saturated rings. The Balaban J connectivity index is 1.67. The van der Waals surface area contributed by atoms with Crippen molar-refractivity contribution in [1.29, 1.82) is 0 Å². The highest BCUT2D eigenvalue weighted by atomic mass is 32.1. The Morgan fingerprint density at radius 3 is 2.67 bits per heavy atom. The Morgan fingerprint density at radius 2 is 2.00 bits per heavy atom. The van der Waals surface area contributed by atoms with Gasteiger partial charge in [-0.05, 0) is 31.5 Å². The number of nitrogens with zero attached hydrogens (tertiary/aromatic N) is 5. The minimum atomic E-state index is -0.323. The number of carbonyl (C=O) groups is 1. The molecule has 124 valence electrons. The molecule has 9 heteroatoms. The van der Waals surface area contributed by atoms with E-state index in [0.717, 1.165) is 28.7 Å². The van der Waals surface area contributed by atoms with Crippen molar-refractivity contribution in [2.75, 3.05) is 0 Å². The van der Waals surface area contributed by atoms with E-state index in [1.165, 1.54) is 12.1 Å². The fourth-order valence-electron chi connectivity index (χ4n) is 2.12. The number of benzene rings is 1. The number of hydrogen-bond acceptors (Lipinski definition) is 6. The third kappa shape index (κ3) is 3.46. The topological polar surface area (TPSA) is 85.6 Å². The van der Waals surface area contributed by atoms with E-state index in [1.54, 1.807) is 23.7 Å². The second-order valence-electron chi connectivity index (χ2n) is 5.29. The molecule has 3 rings (SSSR count). The number of halogens is 1. The van der Waals surface area contributed by atoms with Crippen LogP contribution in [0.5, 0.6) is 0 Å². The molecule has 0 bridgehead atoms. The Morgan fingerprint density at radius 1 is 1.25 bits per heavy atom. The van der Waals surface area contributed by atoms with Crippen molar-refractivity contribution < 1.29 is 9.18 Å². The van der Waals surface area contributed by atoms with Crippen molar-refractivity contribution in [2.24, 2.45) is 0 Å². The summed E-state index contributed by atoms with van der Waals surface area (Å²) in [6, 6.07) is 5.95. The molecule has 0 aliphatic rings. The van der Waals surface area contributed by atoms with Crippen LogP contribution in [0.15, 0.2) is 24.3 Å². The van der Waals surface area contributed by atoms with Gasteiger partial charge in [-0.25, -0.2) is 9.07 Å². The van der Waals surface area contributed by atoms with E-state index in [-0.39, 0.29) is 17.4 Å². The first-order valence-corrected chi connectivity index (χ1v) is 7.98. The van der Waals surface area contributed by atoms with Crippen molar-refractivity contribution in [3.05, 3.63) is 58.4 Å². The molecule has 2 heterocycles. The molecule has 0 unspecified atom stereocenters. The normalized spacial score (nSPS) is 10.8. The highest BCUT2D eigenvalue weighted by molar-refractivity contribution is 6.99. The highest BCUT2D eigenvalue weighted by Gasteiger charge is 2.17. The molecule has 0 spiro atoms. The van der Waals surface area contributed by atoms with Crippen LogP contribution < -0.4 is 5.32 Å². The van der Waals surface area contributed by atoms with E-state index < -0.39 is 0 Å². The highest BCUT2D eigenvalue weighted by Crippen LogP contribution is 2.10. The summed E-state index contributed by atoms with van der Waals surface area (Å²) in [4.78, 5) is 12.3. The van der Waals surface area contributed by atoms with Crippen molar-refractivity contribution in [2.45, 2.75) is 26.9 Å². The van der Waals surface area contributed by atoms with Gasteiger partial charge in [-0.1, -0.05) is 17.3 Å². The number of aromatic nitrogens is 5. The summed E-state index contributed by atoms with van der Waals surface area (Å²) >= 11 is 1.14. The van der Waals surface area contributed by atoms with Crippen LogP contribution >= 0.6 is 11.7 Å². The summed E-state index contributed by atoms with van der Waals surface area (Å²) in [7, 11) is 0. The standard InChI is InChI=1S/C15H15FN6OS/c1-9-13(20-24-19-9)8-22-10(2)14(18-21-22)15(23)17-7-11-3-5-12(16)6-4-11/h3-6H,7-8H2,1-2H3,(H,17,23). The Hall–Kier alpha value is -2.68. The molecular formula is C15H15FN6OS. The zero-order chi connectivity index (χ0) is 17.1. The lowest BCUT2D eigenvalue weighted by atomic mass is 10.2. The first-order valence-electron chi connectivity index (χ1n) is 7.25. The number of rotatable bonds is 5.